The number of amides is 3. The monoisotopic (exact) mass is 652 g/mol. The number of hydrogen-bond donors (Lipinski definition) is 1. The van der Waals surface area contributed by atoms with Crippen molar-refractivity contribution in [3.63, 3.8) is 0 Å². The van der Waals surface area contributed by atoms with Gasteiger partial charge in [-0.25, -0.2) is 9.07 Å². The van der Waals surface area contributed by atoms with Gasteiger partial charge in [0.15, 0.2) is 5.69 Å². The van der Waals surface area contributed by atoms with E-state index in [0.29, 0.717) is 68.5 Å². The topological polar surface area (TPSA) is 121 Å². The van der Waals surface area contributed by atoms with Gasteiger partial charge < -0.3 is 15.0 Å². The molecule has 246 valence electrons. The Hall–Kier alpha value is -4.77. The largest absolute Gasteiger partial charge is 0.416 e. The zero-order valence-electron chi connectivity index (χ0n) is 25.5. The van der Waals surface area contributed by atoms with Crippen LogP contribution in [0.3, 0.4) is 0 Å². The van der Waals surface area contributed by atoms with Gasteiger partial charge >= 0.3 is 6.18 Å². The summed E-state index contributed by atoms with van der Waals surface area (Å²) in [6.45, 7) is 3.03. The maximum absolute atomic E-state index is 14.4. The lowest BCUT2D eigenvalue weighted by Crippen LogP contribution is -2.56. The molecule has 0 bridgehead atoms. The Labute approximate surface area is 267 Å². The average molecular weight is 653 g/mol. The molecule has 2 saturated heterocycles. The molecule has 10 nitrogen and oxygen atoms in total. The summed E-state index contributed by atoms with van der Waals surface area (Å²) in [5, 5.41) is 17.3. The van der Waals surface area contributed by atoms with Crippen LogP contribution in [0.25, 0.3) is 0 Å². The van der Waals surface area contributed by atoms with Crippen molar-refractivity contribution in [1.29, 1.82) is 5.26 Å². The summed E-state index contributed by atoms with van der Waals surface area (Å²) in [7, 11) is 0. The summed E-state index contributed by atoms with van der Waals surface area (Å²) in [5.41, 5.74) is -0.664. The fourth-order valence-electron chi connectivity index (χ4n) is 6.74. The van der Waals surface area contributed by atoms with Gasteiger partial charge in [0, 0.05) is 43.3 Å². The SMILES string of the molecule is CCN1C(=O)[C@@H](NC(=O)c2cccc(C(F)(F)F)c2)[C@@H](c2ccc(F)cc2)c2c(C(=O)N3CCC[C@H]3C#N)nn(C3CCOCC3)c21. The van der Waals surface area contributed by atoms with E-state index in [9.17, 15) is 37.2 Å². The van der Waals surface area contributed by atoms with Gasteiger partial charge in [-0.3, -0.25) is 19.3 Å². The maximum Gasteiger partial charge on any atom is 0.416 e. The number of halogens is 4. The second-order valence-corrected chi connectivity index (χ2v) is 11.8. The molecule has 0 radical (unpaired) electrons. The van der Waals surface area contributed by atoms with Gasteiger partial charge in [-0.15, -0.1) is 0 Å². The molecular weight excluding hydrogens is 620 g/mol. The van der Waals surface area contributed by atoms with Gasteiger partial charge in [0.1, 0.15) is 23.7 Å². The molecule has 2 aromatic carbocycles. The molecule has 0 spiro atoms. The van der Waals surface area contributed by atoms with E-state index in [1.165, 1.54) is 40.1 Å². The van der Waals surface area contributed by atoms with Crippen LogP contribution in [-0.4, -0.2) is 70.8 Å². The van der Waals surface area contributed by atoms with Crippen LogP contribution in [0.2, 0.25) is 0 Å². The molecule has 14 heteroatoms. The molecule has 47 heavy (non-hydrogen) atoms. The Morgan fingerprint density at radius 1 is 1.11 bits per heavy atom. The van der Waals surface area contributed by atoms with E-state index in [1.807, 2.05) is 0 Å². The van der Waals surface area contributed by atoms with E-state index < -0.39 is 53.3 Å². The number of nitriles is 1. The second-order valence-electron chi connectivity index (χ2n) is 11.8. The van der Waals surface area contributed by atoms with Crippen molar-refractivity contribution in [3.05, 3.63) is 82.3 Å². The predicted octanol–water partition coefficient (Wildman–Crippen LogP) is 4.82. The van der Waals surface area contributed by atoms with E-state index in [2.05, 4.69) is 11.4 Å². The van der Waals surface area contributed by atoms with Crippen LogP contribution in [0, 0.1) is 17.1 Å². The molecule has 3 aliphatic heterocycles. The predicted molar refractivity (Wildman–Crippen MR) is 160 cm³/mol. The van der Waals surface area contributed by atoms with Crippen LogP contribution in [0.1, 0.15) is 82.1 Å². The first-order chi connectivity index (χ1) is 22.5. The zero-order chi connectivity index (χ0) is 33.5. The molecule has 1 aromatic heterocycles. The summed E-state index contributed by atoms with van der Waals surface area (Å²) < 4.78 is 61.9. The minimum atomic E-state index is -4.70. The summed E-state index contributed by atoms with van der Waals surface area (Å²) in [6.07, 6.45) is -2.50. The summed E-state index contributed by atoms with van der Waals surface area (Å²) in [4.78, 5) is 45.1. The highest BCUT2D eigenvalue weighted by Crippen LogP contribution is 2.45. The Morgan fingerprint density at radius 2 is 1.83 bits per heavy atom. The lowest BCUT2D eigenvalue weighted by Gasteiger charge is -2.39. The van der Waals surface area contributed by atoms with Crippen molar-refractivity contribution in [2.24, 2.45) is 0 Å². The van der Waals surface area contributed by atoms with Gasteiger partial charge in [0.2, 0.25) is 0 Å². The maximum atomic E-state index is 14.4. The first kappa shape index (κ1) is 32.2. The number of carbonyl (C=O) groups excluding carboxylic acids is 3. The number of anilines is 1. The van der Waals surface area contributed by atoms with Crippen LogP contribution in [0.15, 0.2) is 48.5 Å². The summed E-state index contributed by atoms with van der Waals surface area (Å²) in [6, 6.07) is 8.95. The van der Waals surface area contributed by atoms with Crippen molar-refractivity contribution < 1.29 is 36.7 Å². The average Bonchev–Trinajstić information content (AvgIpc) is 3.71. The van der Waals surface area contributed by atoms with Crippen LogP contribution < -0.4 is 10.2 Å². The summed E-state index contributed by atoms with van der Waals surface area (Å²) in [5.74, 6) is -3.31. The highest BCUT2D eigenvalue weighted by atomic mass is 19.4. The Bertz CT molecular complexity index is 1730. The number of fused-ring (bicyclic) bond motifs is 1. The molecule has 0 unspecified atom stereocenters. The molecule has 3 aromatic rings. The first-order valence-electron chi connectivity index (χ1n) is 15.5. The molecule has 1 N–H and O–H groups in total. The lowest BCUT2D eigenvalue weighted by atomic mass is 9.80. The van der Waals surface area contributed by atoms with Crippen LogP contribution in [-0.2, 0) is 15.7 Å². The number of likely N-dealkylation sites (N-methyl/N-ethyl adjacent to an activating group) is 1. The second kappa shape index (κ2) is 12.8. The molecule has 2 fully saturated rings. The highest BCUT2D eigenvalue weighted by Gasteiger charge is 2.49. The molecule has 3 aliphatic rings. The van der Waals surface area contributed by atoms with Crippen LogP contribution in [0.4, 0.5) is 23.4 Å². The molecule has 6 rings (SSSR count). The number of alkyl halides is 3. The van der Waals surface area contributed by atoms with Gasteiger partial charge in [-0.2, -0.15) is 23.5 Å². The first-order valence-corrected chi connectivity index (χ1v) is 15.5. The van der Waals surface area contributed by atoms with Crippen molar-refractivity contribution in [3.8, 4) is 6.07 Å². The van der Waals surface area contributed by atoms with E-state index in [1.54, 1.807) is 11.6 Å². The number of carbonyl (C=O) groups is 3. The quantitative estimate of drug-likeness (QED) is 0.382. The number of aromatic nitrogens is 2. The van der Waals surface area contributed by atoms with Gasteiger partial charge in [0.05, 0.1) is 17.7 Å². The van der Waals surface area contributed by atoms with Gasteiger partial charge in [0.25, 0.3) is 17.7 Å². The minimum Gasteiger partial charge on any atom is -0.381 e. The number of nitrogens with one attached hydrogen (secondary N) is 1. The Morgan fingerprint density at radius 3 is 2.49 bits per heavy atom. The third-order valence-electron chi connectivity index (χ3n) is 9.04. The van der Waals surface area contributed by atoms with Crippen LogP contribution in [0.5, 0.6) is 0 Å². The molecule has 0 aliphatic carbocycles. The Balaban J connectivity index is 1.54. The molecular formula is C33H32F4N6O4. The molecule has 4 heterocycles. The van der Waals surface area contributed by atoms with E-state index >= 15 is 0 Å². The highest BCUT2D eigenvalue weighted by molar-refractivity contribution is 6.07. The van der Waals surface area contributed by atoms with E-state index in [0.717, 1.165) is 12.1 Å². The number of rotatable bonds is 6. The van der Waals surface area contributed by atoms with Gasteiger partial charge in [-0.05, 0) is 68.5 Å². The molecule has 0 saturated carbocycles. The fourth-order valence-corrected chi connectivity index (χ4v) is 6.74. The zero-order valence-corrected chi connectivity index (χ0v) is 25.5. The lowest BCUT2D eigenvalue weighted by molar-refractivity contribution is -0.137. The number of hydrogen-bond acceptors (Lipinski definition) is 6. The number of nitrogens with zero attached hydrogens (tertiary/aromatic N) is 5. The number of benzene rings is 2. The minimum absolute atomic E-state index is 0.00719. The van der Waals surface area contributed by atoms with Crippen molar-refractivity contribution >= 4 is 23.5 Å². The standard InChI is InChI=1S/C33H32F4N6O4/c1-2-41-30-26(28(32(46)42-14-4-7-24(42)18-38)40-43(30)23-12-15-47-16-13-23)25(19-8-10-22(34)11-9-19)27(31(41)45)39-29(44)20-5-3-6-21(17-20)33(35,36)37/h3,5-6,8-11,17,23-25,27H,2,4,7,12-16H2,1H3,(H,39,44)/t24-,25-,27-/m0/s1. The van der Waals surface area contributed by atoms with Crippen molar-refractivity contribution in [1.82, 2.24) is 20.0 Å². The van der Waals surface area contributed by atoms with Crippen molar-refractivity contribution in [2.45, 2.75) is 62.8 Å². The number of likely N-dealkylation sites (tertiary alicyclic amines) is 1. The van der Waals surface area contributed by atoms with Crippen LogP contribution >= 0.6 is 0 Å². The smallest absolute Gasteiger partial charge is 0.381 e. The molecule has 3 amide bonds. The Kier molecular flexibility index (Phi) is 8.76. The molecule has 3 atom stereocenters. The third-order valence-corrected chi connectivity index (χ3v) is 9.04. The normalized spacial score (nSPS) is 21.8. The van der Waals surface area contributed by atoms with Gasteiger partial charge in [-0.1, -0.05) is 18.2 Å². The summed E-state index contributed by atoms with van der Waals surface area (Å²) >= 11 is 0. The fraction of sp³-hybridized carbons (Fsp3) is 0.424. The van der Waals surface area contributed by atoms with Crippen molar-refractivity contribution in [2.75, 3.05) is 31.2 Å². The van der Waals surface area contributed by atoms with E-state index in [4.69, 9.17) is 9.84 Å². The number of ether oxygens (including phenoxy) is 1. The third kappa shape index (κ3) is 5.95. The van der Waals surface area contributed by atoms with E-state index in [-0.39, 0.29) is 23.8 Å².